The van der Waals surface area contributed by atoms with Crippen molar-refractivity contribution >= 4 is 49.6 Å². The van der Waals surface area contributed by atoms with E-state index < -0.39 is 0 Å². The fourth-order valence-corrected chi connectivity index (χ4v) is 4.96. The van der Waals surface area contributed by atoms with Crippen molar-refractivity contribution in [2.45, 2.75) is 25.3 Å². The molecule has 1 amide bonds. The summed E-state index contributed by atoms with van der Waals surface area (Å²) in [6, 6.07) is 19.7. The highest BCUT2D eigenvalue weighted by Crippen LogP contribution is 2.45. The molecule has 0 bridgehead atoms. The van der Waals surface area contributed by atoms with Gasteiger partial charge < -0.3 is 4.42 Å². The zero-order valence-electron chi connectivity index (χ0n) is 16.7. The number of carbonyl (C=O) groups excluding carboxylic acids is 1. The third-order valence-electron chi connectivity index (χ3n) is 5.86. The van der Waals surface area contributed by atoms with Gasteiger partial charge in [-0.25, -0.2) is 5.01 Å². The molecule has 0 saturated heterocycles. The lowest BCUT2D eigenvalue weighted by Gasteiger charge is -2.29. The quantitative estimate of drug-likeness (QED) is 0.352. The molecule has 1 aliphatic heterocycles. The molecule has 0 spiro atoms. The molecule has 1 fully saturated rings. The molecule has 6 heteroatoms. The summed E-state index contributed by atoms with van der Waals surface area (Å²) in [4.78, 5) is 13.3. The van der Waals surface area contributed by atoms with Gasteiger partial charge in [0.15, 0.2) is 5.76 Å². The van der Waals surface area contributed by atoms with Gasteiger partial charge in [0.1, 0.15) is 0 Å². The van der Waals surface area contributed by atoms with Crippen molar-refractivity contribution in [3.8, 4) is 0 Å². The van der Waals surface area contributed by atoms with E-state index in [2.05, 4.69) is 62.2 Å². The van der Waals surface area contributed by atoms with E-state index >= 15 is 0 Å². The Morgan fingerprint density at radius 1 is 1.03 bits per heavy atom. The highest BCUT2D eigenvalue weighted by Gasteiger charge is 2.44. The second-order valence-corrected chi connectivity index (χ2v) is 9.66. The molecule has 1 aliphatic carbocycles. The molecule has 1 saturated carbocycles. The third-order valence-corrected chi connectivity index (χ3v) is 6.92. The second kappa shape index (κ2) is 8.60. The highest BCUT2D eigenvalue weighted by atomic mass is 79.9. The summed E-state index contributed by atoms with van der Waals surface area (Å²) in [5.41, 5.74) is 4.44. The van der Waals surface area contributed by atoms with Crippen molar-refractivity contribution in [3.05, 3.63) is 98.3 Å². The van der Waals surface area contributed by atoms with Gasteiger partial charge in [0, 0.05) is 14.9 Å². The average Bonchev–Trinajstić information content (AvgIpc) is 3.44. The minimum atomic E-state index is -0.206. The van der Waals surface area contributed by atoms with Crippen molar-refractivity contribution < 1.29 is 9.21 Å². The number of hydrogen-bond acceptors (Lipinski definition) is 3. The molecule has 2 aromatic carbocycles. The number of nitrogens with zero attached hydrogens (tertiary/aromatic N) is 2. The zero-order valence-corrected chi connectivity index (χ0v) is 19.8. The maximum Gasteiger partial charge on any atom is 0.310 e. The van der Waals surface area contributed by atoms with Gasteiger partial charge in [-0.05, 0) is 78.4 Å². The predicted octanol–water partition coefficient (Wildman–Crippen LogP) is 7.24. The lowest BCUT2D eigenvalue weighted by molar-refractivity contribution is 0.0648. The first-order valence-corrected chi connectivity index (χ1v) is 11.9. The molecule has 0 unspecified atom stereocenters. The van der Waals surface area contributed by atoms with E-state index in [0.717, 1.165) is 45.0 Å². The van der Waals surface area contributed by atoms with Crippen LogP contribution in [-0.2, 0) is 0 Å². The monoisotopic (exact) mass is 538 g/mol. The Balaban J connectivity index is 1.57. The summed E-state index contributed by atoms with van der Waals surface area (Å²) in [6.07, 6.45) is 6.76. The van der Waals surface area contributed by atoms with E-state index in [1.54, 1.807) is 17.1 Å². The third kappa shape index (κ3) is 4.06. The van der Waals surface area contributed by atoms with E-state index in [-0.39, 0.29) is 17.9 Å². The van der Waals surface area contributed by atoms with Crippen LogP contribution in [0.15, 0.2) is 91.0 Å². The van der Waals surface area contributed by atoms with Gasteiger partial charge >= 0.3 is 5.91 Å². The molecule has 0 N–H and O–H groups in total. The summed E-state index contributed by atoms with van der Waals surface area (Å²) in [5.74, 6) is 0.266. The maximum absolute atomic E-state index is 13.3. The number of amides is 1. The molecule has 0 radical (unpaired) electrons. The van der Waals surface area contributed by atoms with Gasteiger partial charge in [0.2, 0.25) is 0 Å². The van der Waals surface area contributed by atoms with Gasteiger partial charge in [-0.3, -0.25) is 4.79 Å². The molecule has 2 heterocycles. The number of furan rings is 1. The maximum atomic E-state index is 13.3. The van der Waals surface area contributed by atoms with Crippen LogP contribution in [0.2, 0.25) is 0 Å². The zero-order chi connectivity index (χ0) is 21.4. The van der Waals surface area contributed by atoms with E-state index in [1.807, 2.05) is 24.3 Å². The minimum Gasteiger partial charge on any atom is -0.459 e. The lowest BCUT2D eigenvalue weighted by Crippen LogP contribution is -2.31. The SMILES string of the molecule is O=C(c1ccco1)N1N=C2/C(=C/c3ccc(Br)cc3)CCC[C@@H]2[C@@H]1c1ccc(Br)cc1. The van der Waals surface area contributed by atoms with Gasteiger partial charge in [-0.1, -0.05) is 56.1 Å². The van der Waals surface area contributed by atoms with Crippen LogP contribution in [0.4, 0.5) is 0 Å². The van der Waals surface area contributed by atoms with Crippen LogP contribution in [0.1, 0.15) is 47.0 Å². The highest BCUT2D eigenvalue weighted by molar-refractivity contribution is 9.10. The second-order valence-electron chi connectivity index (χ2n) is 7.83. The van der Waals surface area contributed by atoms with Crippen molar-refractivity contribution in [1.82, 2.24) is 5.01 Å². The lowest BCUT2D eigenvalue weighted by atomic mass is 9.77. The van der Waals surface area contributed by atoms with E-state index in [0.29, 0.717) is 5.76 Å². The van der Waals surface area contributed by atoms with Gasteiger partial charge in [-0.15, -0.1) is 0 Å². The standard InChI is InChI=1S/C25H20Br2N2O2/c26-19-10-6-16(7-11-19)15-18-3-1-4-21-23(18)28-29(25(30)22-5-2-14-31-22)24(21)17-8-12-20(27)13-9-17/h2,5-15,21,24H,1,3-4H2/b18-15+/t21-,24-/m0/s1. The number of hydrogen-bond donors (Lipinski definition) is 0. The topological polar surface area (TPSA) is 45.8 Å². The number of benzene rings is 2. The molecular formula is C25H20Br2N2O2. The summed E-state index contributed by atoms with van der Waals surface area (Å²) in [6.45, 7) is 0. The first-order valence-electron chi connectivity index (χ1n) is 10.3. The molecule has 156 valence electrons. The van der Waals surface area contributed by atoms with Crippen LogP contribution in [0.25, 0.3) is 6.08 Å². The van der Waals surface area contributed by atoms with Crippen molar-refractivity contribution in [2.75, 3.05) is 0 Å². The van der Waals surface area contributed by atoms with Crippen LogP contribution in [-0.4, -0.2) is 16.6 Å². The van der Waals surface area contributed by atoms with Gasteiger partial charge in [0.05, 0.1) is 18.0 Å². The Kier molecular flexibility index (Phi) is 5.67. The Hall–Kier alpha value is -2.44. The van der Waals surface area contributed by atoms with Crippen LogP contribution in [0, 0.1) is 5.92 Å². The Morgan fingerprint density at radius 2 is 1.74 bits per heavy atom. The van der Waals surface area contributed by atoms with Crippen LogP contribution in [0.5, 0.6) is 0 Å². The van der Waals surface area contributed by atoms with Gasteiger partial charge in [-0.2, -0.15) is 5.10 Å². The number of rotatable bonds is 3. The smallest absolute Gasteiger partial charge is 0.310 e. The Morgan fingerprint density at radius 3 is 2.42 bits per heavy atom. The van der Waals surface area contributed by atoms with Crippen molar-refractivity contribution in [1.29, 1.82) is 0 Å². The molecule has 2 aliphatic rings. The molecule has 5 rings (SSSR count). The summed E-state index contributed by atoms with van der Waals surface area (Å²) >= 11 is 7.01. The first kappa shape index (κ1) is 20.5. The largest absolute Gasteiger partial charge is 0.459 e. The van der Waals surface area contributed by atoms with Crippen LogP contribution < -0.4 is 0 Å². The minimum absolute atomic E-state index is 0.144. The number of hydrazone groups is 1. The normalized spacial score (nSPS) is 21.8. The summed E-state index contributed by atoms with van der Waals surface area (Å²) in [5, 5.41) is 6.52. The first-order chi connectivity index (χ1) is 15.1. The molecular weight excluding hydrogens is 520 g/mol. The summed E-state index contributed by atoms with van der Waals surface area (Å²) < 4.78 is 7.48. The van der Waals surface area contributed by atoms with E-state index in [4.69, 9.17) is 9.52 Å². The van der Waals surface area contributed by atoms with E-state index in [1.165, 1.54) is 11.8 Å². The number of fused-ring (bicyclic) bond motifs is 1. The summed E-state index contributed by atoms with van der Waals surface area (Å²) in [7, 11) is 0. The fourth-order valence-electron chi connectivity index (χ4n) is 4.43. The molecule has 4 nitrogen and oxygen atoms in total. The Bertz CT molecular complexity index is 1150. The number of allylic oxidation sites excluding steroid dienone is 1. The molecule has 1 aromatic heterocycles. The predicted molar refractivity (Wildman–Crippen MR) is 129 cm³/mol. The fraction of sp³-hybridized carbons (Fsp3) is 0.200. The average molecular weight is 540 g/mol. The number of halogens is 2. The van der Waals surface area contributed by atoms with Crippen molar-refractivity contribution in [2.24, 2.45) is 11.0 Å². The molecule has 3 aromatic rings. The van der Waals surface area contributed by atoms with Crippen LogP contribution in [0.3, 0.4) is 0 Å². The van der Waals surface area contributed by atoms with Crippen LogP contribution >= 0.6 is 31.9 Å². The molecule has 31 heavy (non-hydrogen) atoms. The molecule has 2 atom stereocenters. The van der Waals surface area contributed by atoms with Crippen molar-refractivity contribution in [3.63, 3.8) is 0 Å². The van der Waals surface area contributed by atoms with Gasteiger partial charge in [0.25, 0.3) is 0 Å². The number of carbonyl (C=O) groups is 1. The Labute approximate surface area is 197 Å². The van der Waals surface area contributed by atoms with E-state index in [9.17, 15) is 4.79 Å².